The summed E-state index contributed by atoms with van der Waals surface area (Å²) in [7, 11) is 1.77. The molecule has 0 spiro atoms. The summed E-state index contributed by atoms with van der Waals surface area (Å²) in [5.74, 6) is -1.52. The number of carboxylic acids is 1. The Bertz CT molecular complexity index is 699. The molecule has 0 heterocycles. The summed E-state index contributed by atoms with van der Waals surface area (Å²) in [5, 5.41) is 8.82. The molecule has 0 saturated carbocycles. The van der Waals surface area contributed by atoms with Gasteiger partial charge >= 0.3 is 5.97 Å². The van der Waals surface area contributed by atoms with Gasteiger partial charge in [-0.2, -0.15) is 0 Å². The SMILES string of the molecule is CC(Cc1ccc(OCc2cc(F)cc(F)c2)cc1)N(C)CC(=O)O. The van der Waals surface area contributed by atoms with E-state index in [1.807, 2.05) is 19.1 Å². The van der Waals surface area contributed by atoms with Crippen LogP contribution in [-0.4, -0.2) is 35.6 Å². The highest BCUT2D eigenvalue weighted by Gasteiger charge is 2.13. The van der Waals surface area contributed by atoms with E-state index in [0.717, 1.165) is 11.6 Å². The maximum atomic E-state index is 13.1. The second kappa shape index (κ2) is 8.58. The highest BCUT2D eigenvalue weighted by atomic mass is 19.1. The standard InChI is InChI=1S/C19H21F2NO3/c1-13(22(2)11-19(23)24)7-14-3-5-18(6-4-14)25-12-15-8-16(20)10-17(21)9-15/h3-6,8-10,13H,7,11-12H2,1-2H3,(H,23,24). The van der Waals surface area contributed by atoms with E-state index in [4.69, 9.17) is 9.84 Å². The van der Waals surface area contributed by atoms with Gasteiger partial charge in [0.05, 0.1) is 6.54 Å². The van der Waals surface area contributed by atoms with E-state index in [2.05, 4.69) is 0 Å². The molecule has 2 aromatic carbocycles. The molecule has 134 valence electrons. The Morgan fingerprint density at radius 3 is 2.28 bits per heavy atom. The van der Waals surface area contributed by atoms with Gasteiger partial charge in [-0.3, -0.25) is 9.69 Å². The van der Waals surface area contributed by atoms with Gasteiger partial charge < -0.3 is 9.84 Å². The lowest BCUT2D eigenvalue weighted by molar-refractivity contribution is -0.138. The Labute approximate surface area is 145 Å². The van der Waals surface area contributed by atoms with Gasteiger partial charge in [-0.05, 0) is 55.8 Å². The van der Waals surface area contributed by atoms with Gasteiger partial charge in [-0.15, -0.1) is 0 Å². The number of nitrogens with zero attached hydrogens (tertiary/aromatic N) is 1. The third kappa shape index (κ3) is 6.15. The first-order chi connectivity index (χ1) is 11.8. The summed E-state index contributed by atoms with van der Waals surface area (Å²) >= 11 is 0. The van der Waals surface area contributed by atoms with E-state index in [0.29, 0.717) is 17.7 Å². The van der Waals surface area contributed by atoms with Gasteiger partial charge in [0.1, 0.15) is 24.0 Å². The second-order valence-electron chi connectivity index (χ2n) is 6.07. The predicted octanol–water partition coefficient (Wildman–Crippen LogP) is 3.49. The first kappa shape index (κ1) is 18.9. The number of carboxylic acid groups (broad SMARTS) is 1. The zero-order valence-electron chi connectivity index (χ0n) is 14.2. The summed E-state index contributed by atoms with van der Waals surface area (Å²) < 4.78 is 31.8. The maximum Gasteiger partial charge on any atom is 0.317 e. The van der Waals surface area contributed by atoms with E-state index in [-0.39, 0.29) is 19.2 Å². The van der Waals surface area contributed by atoms with Gasteiger partial charge in [0, 0.05) is 12.1 Å². The summed E-state index contributed by atoms with van der Waals surface area (Å²) in [6.07, 6.45) is 0.708. The Morgan fingerprint density at radius 1 is 1.12 bits per heavy atom. The summed E-state index contributed by atoms with van der Waals surface area (Å²) in [6.45, 7) is 2.03. The van der Waals surface area contributed by atoms with Gasteiger partial charge in [0.15, 0.2) is 0 Å². The molecule has 1 N–H and O–H groups in total. The van der Waals surface area contributed by atoms with Crippen LogP contribution in [0.25, 0.3) is 0 Å². The van der Waals surface area contributed by atoms with Crippen LogP contribution in [0.3, 0.4) is 0 Å². The summed E-state index contributed by atoms with van der Waals surface area (Å²) in [5.41, 5.74) is 1.47. The topological polar surface area (TPSA) is 49.8 Å². The summed E-state index contributed by atoms with van der Waals surface area (Å²) in [4.78, 5) is 12.5. The molecule has 25 heavy (non-hydrogen) atoms. The van der Waals surface area contributed by atoms with E-state index in [9.17, 15) is 13.6 Å². The molecule has 2 aromatic rings. The number of halogens is 2. The average molecular weight is 349 g/mol. The van der Waals surface area contributed by atoms with Crippen LogP contribution in [0.15, 0.2) is 42.5 Å². The molecular formula is C19H21F2NO3. The number of rotatable bonds is 8. The van der Waals surface area contributed by atoms with Crippen LogP contribution in [0.1, 0.15) is 18.1 Å². The normalized spacial score (nSPS) is 12.2. The van der Waals surface area contributed by atoms with E-state index >= 15 is 0 Å². The number of aliphatic carboxylic acids is 1. The van der Waals surface area contributed by atoms with Crippen LogP contribution in [0, 0.1) is 11.6 Å². The van der Waals surface area contributed by atoms with Crippen molar-refractivity contribution in [2.45, 2.75) is 26.0 Å². The molecule has 4 nitrogen and oxygen atoms in total. The zero-order valence-corrected chi connectivity index (χ0v) is 14.2. The Kier molecular flexibility index (Phi) is 6.47. The van der Waals surface area contributed by atoms with Crippen molar-refractivity contribution in [1.82, 2.24) is 4.90 Å². The third-order valence-electron chi connectivity index (χ3n) is 3.92. The molecule has 0 radical (unpaired) electrons. The smallest absolute Gasteiger partial charge is 0.317 e. The van der Waals surface area contributed by atoms with Crippen LogP contribution in [0.5, 0.6) is 5.75 Å². The Hall–Kier alpha value is -2.47. The molecule has 0 aliphatic rings. The number of hydrogen-bond acceptors (Lipinski definition) is 3. The van der Waals surface area contributed by atoms with Crippen LogP contribution in [0.4, 0.5) is 8.78 Å². The monoisotopic (exact) mass is 349 g/mol. The first-order valence-electron chi connectivity index (χ1n) is 7.92. The zero-order chi connectivity index (χ0) is 18.4. The maximum absolute atomic E-state index is 13.1. The molecule has 1 atom stereocenters. The van der Waals surface area contributed by atoms with E-state index in [1.165, 1.54) is 12.1 Å². The molecule has 0 aliphatic carbocycles. The molecule has 0 aromatic heterocycles. The van der Waals surface area contributed by atoms with Crippen LogP contribution in [0.2, 0.25) is 0 Å². The van der Waals surface area contributed by atoms with Gasteiger partial charge in [0.25, 0.3) is 0 Å². The highest BCUT2D eigenvalue weighted by Crippen LogP contribution is 2.17. The van der Waals surface area contributed by atoms with E-state index in [1.54, 1.807) is 24.1 Å². The van der Waals surface area contributed by atoms with Crippen molar-refractivity contribution >= 4 is 5.97 Å². The molecule has 0 fully saturated rings. The quantitative estimate of drug-likeness (QED) is 0.793. The lowest BCUT2D eigenvalue weighted by Gasteiger charge is -2.22. The molecular weight excluding hydrogens is 328 g/mol. The van der Waals surface area contributed by atoms with Crippen molar-refractivity contribution in [1.29, 1.82) is 0 Å². The highest BCUT2D eigenvalue weighted by molar-refractivity contribution is 5.69. The molecule has 0 saturated heterocycles. The van der Waals surface area contributed by atoms with Crippen LogP contribution < -0.4 is 4.74 Å². The molecule has 0 amide bonds. The number of ether oxygens (including phenoxy) is 1. The fourth-order valence-corrected chi connectivity index (χ4v) is 2.45. The minimum Gasteiger partial charge on any atom is -0.489 e. The number of benzene rings is 2. The number of carbonyl (C=O) groups is 1. The van der Waals surface area contributed by atoms with Crippen molar-refractivity contribution in [3.63, 3.8) is 0 Å². The van der Waals surface area contributed by atoms with Crippen LogP contribution >= 0.6 is 0 Å². The van der Waals surface area contributed by atoms with E-state index < -0.39 is 17.6 Å². The molecule has 0 bridgehead atoms. The van der Waals surface area contributed by atoms with Gasteiger partial charge in [-0.1, -0.05) is 12.1 Å². The van der Waals surface area contributed by atoms with Crippen molar-refractivity contribution in [3.05, 3.63) is 65.2 Å². The van der Waals surface area contributed by atoms with Crippen molar-refractivity contribution in [3.8, 4) is 5.75 Å². The molecule has 2 rings (SSSR count). The number of hydrogen-bond donors (Lipinski definition) is 1. The van der Waals surface area contributed by atoms with Crippen LogP contribution in [-0.2, 0) is 17.8 Å². The fraction of sp³-hybridized carbons (Fsp3) is 0.316. The Balaban J connectivity index is 1.90. The largest absolute Gasteiger partial charge is 0.489 e. The average Bonchev–Trinajstić information content (AvgIpc) is 2.52. The first-order valence-corrected chi connectivity index (χ1v) is 7.92. The molecule has 6 heteroatoms. The predicted molar refractivity (Wildman–Crippen MR) is 90.6 cm³/mol. The van der Waals surface area contributed by atoms with Crippen molar-refractivity contribution in [2.24, 2.45) is 0 Å². The molecule has 0 aliphatic heterocycles. The van der Waals surface area contributed by atoms with Crippen molar-refractivity contribution in [2.75, 3.05) is 13.6 Å². The lowest BCUT2D eigenvalue weighted by atomic mass is 10.1. The third-order valence-corrected chi connectivity index (χ3v) is 3.92. The minimum atomic E-state index is -0.855. The Morgan fingerprint density at radius 2 is 1.72 bits per heavy atom. The number of likely N-dealkylation sites (N-methyl/N-ethyl adjacent to an activating group) is 1. The fourth-order valence-electron chi connectivity index (χ4n) is 2.45. The molecule has 1 unspecified atom stereocenters. The minimum absolute atomic E-state index is 0.00738. The van der Waals surface area contributed by atoms with Gasteiger partial charge in [0.2, 0.25) is 0 Å². The van der Waals surface area contributed by atoms with Gasteiger partial charge in [-0.25, -0.2) is 8.78 Å². The lowest BCUT2D eigenvalue weighted by Crippen LogP contribution is -2.35. The summed E-state index contributed by atoms with van der Waals surface area (Å²) in [6, 6.07) is 10.7. The van der Waals surface area contributed by atoms with Crippen molar-refractivity contribution < 1.29 is 23.4 Å². The second-order valence-corrected chi connectivity index (χ2v) is 6.07.